The molecule has 1 rings (SSSR count). The summed E-state index contributed by atoms with van der Waals surface area (Å²) in [5.41, 5.74) is 10.9. The Kier molecular flexibility index (Phi) is 5.55. The van der Waals surface area contributed by atoms with Crippen LogP contribution < -0.4 is 16.8 Å². The lowest BCUT2D eigenvalue weighted by atomic mass is 10.0. The van der Waals surface area contributed by atoms with Gasteiger partial charge >= 0.3 is 0 Å². The van der Waals surface area contributed by atoms with Gasteiger partial charge in [-0.1, -0.05) is 13.8 Å². The van der Waals surface area contributed by atoms with E-state index >= 15 is 0 Å². The Hall–Kier alpha value is -1.14. The van der Waals surface area contributed by atoms with E-state index in [9.17, 15) is 9.59 Å². The lowest BCUT2D eigenvalue weighted by Crippen LogP contribution is -2.51. The predicted octanol–water partition coefficient (Wildman–Crippen LogP) is -0.964. The molecule has 0 aromatic rings. The van der Waals surface area contributed by atoms with Crippen molar-refractivity contribution < 1.29 is 9.59 Å². The van der Waals surface area contributed by atoms with Gasteiger partial charge in [0.1, 0.15) is 0 Å². The lowest BCUT2D eigenvalue weighted by Gasteiger charge is -2.32. The van der Waals surface area contributed by atoms with Crippen molar-refractivity contribution in [3.63, 3.8) is 0 Å². The summed E-state index contributed by atoms with van der Waals surface area (Å²) in [7, 11) is 0. The summed E-state index contributed by atoms with van der Waals surface area (Å²) >= 11 is 0. The molecule has 0 aliphatic carbocycles. The monoisotopic (exact) mass is 256 g/mol. The third-order valence-corrected chi connectivity index (χ3v) is 3.33. The van der Waals surface area contributed by atoms with E-state index in [0.717, 1.165) is 25.9 Å². The van der Waals surface area contributed by atoms with Crippen molar-refractivity contribution in [3.8, 4) is 0 Å². The predicted molar refractivity (Wildman–Crippen MR) is 69.6 cm³/mol. The third kappa shape index (κ3) is 4.62. The van der Waals surface area contributed by atoms with E-state index in [1.807, 2.05) is 18.7 Å². The fraction of sp³-hybridized carbons (Fsp3) is 0.833. The topological polar surface area (TPSA) is 101 Å². The zero-order valence-electron chi connectivity index (χ0n) is 11.2. The standard InChI is InChI=1S/C12H24N4O2/c1-8(2)11(14)12(18)15-9-3-5-16(6-4-9)7-10(13)17/h8-9,11H,3-7,14H2,1-2H3,(H2,13,17)(H,15,18). The molecule has 104 valence electrons. The average molecular weight is 256 g/mol. The maximum absolute atomic E-state index is 11.8. The maximum Gasteiger partial charge on any atom is 0.237 e. The van der Waals surface area contributed by atoms with Crippen LogP contribution >= 0.6 is 0 Å². The molecule has 2 amide bonds. The number of nitrogens with one attached hydrogen (secondary N) is 1. The van der Waals surface area contributed by atoms with Crippen molar-refractivity contribution in [2.45, 2.75) is 38.8 Å². The molecule has 0 bridgehead atoms. The largest absolute Gasteiger partial charge is 0.369 e. The van der Waals surface area contributed by atoms with Gasteiger partial charge in [0.25, 0.3) is 0 Å². The average Bonchev–Trinajstić information content (AvgIpc) is 2.29. The van der Waals surface area contributed by atoms with Gasteiger partial charge in [0, 0.05) is 19.1 Å². The highest BCUT2D eigenvalue weighted by Gasteiger charge is 2.24. The maximum atomic E-state index is 11.8. The SMILES string of the molecule is CC(C)C(N)C(=O)NC1CCN(CC(N)=O)CC1. The Balaban J connectivity index is 2.31. The number of likely N-dealkylation sites (tertiary alicyclic amines) is 1. The number of amides is 2. The first-order valence-electron chi connectivity index (χ1n) is 6.46. The first-order chi connectivity index (χ1) is 8.40. The molecule has 5 N–H and O–H groups in total. The van der Waals surface area contributed by atoms with Gasteiger partial charge in [0.05, 0.1) is 12.6 Å². The second-order valence-corrected chi connectivity index (χ2v) is 5.30. The zero-order chi connectivity index (χ0) is 13.7. The molecule has 0 radical (unpaired) electrons. The quantitative estimate of drug-likeness (QED) is 0.589. The molecule has 1 aliphatic rings. The third-order valence-electron chi connectivity index (χ3n) is 3.33. The molecule has 6 nitrogen and oxygen atoms in total. The molecular weight excluding hydrogens is 232 g/mol. The second-order valence-electron chi connectivity index (χ2n) is 5.30. The van der Waals surface area contributed by atoms with Crippen LogP contribution in [0.4, 0.5) is 0 Å². The van der Waals surface area contributed by atoms with Crippen molar-refractivity contribution in [1.82, 2.24) is 10.2 Å². The van der Waals surface area contributed by atoms with Crippen molar-refractivity contribution in [1.29, 1.82) is 0 Å². The molecule has 0 aromatic carbocycles. The molecular formula is C12H24N4O2. The van der Waals surface area contributed by atoms with E-state index in [1.165, 1.54) is 0 Å². The van der Waals surface area contributed by atoms with Crippen LogP contribution in [0.5, 0.6) is 0 Å². The molecule has 0 saturated carbocycles. The van der Waals surface area contributed by atoms with Crippen LogP contribution in [-0.4, -0.2) is 48.4 Å². The van der Waals surface area contributed by atoms with E-state index in [0.29, 0.717) is 6.54 Å². The minimum atomic E-state index is -0.450. The van der Waals surface area contributed by atoms with Crippen LogP contribution in [-0.2, 0) is 9.59 Å². The van der Waals surface area contributed by atoms with Crippen LogP contribution in [0.2, 0.25) is 0 Å². The number of nitrogens with zero attached hydrogens (tertiary/aromatic N) is 1. The Morgan fingerprint density at radius 1 is 1.33 bits per heavy atom. The number of hydrogen-bond acceptors (Lipinski definition) is 4. The summed E-state index contributed by atoms with van der Waals surface area (Å²) in [6.07, 6.45) is 1.67. The Bertz CT molecular complexity index is 298. The highest BCUT2D eigenvalue weighted by atomic mass is 16.2. The number of carbonyl (C=O) groups is 2. The van der Waals surface area contributed by atoms with Gasteiger partial charge in [-0.15, -0.1) is 0 Å². The van der Waals surface area contributed by atoms with Gasteiger partial charge in [0.15, 0.2) is 0 Å². The highest BCUT2D eigenvalue weighted by molar-refractivity contribution is 5.82. The lowest BCUT2D eigenvalue weighted by molar-refractivity contribution is -0.124. The van der Waals surface area contributed by atoms with Gasteiger partial charge in [-0.05, 0) is 18.8 Å². The zero-order valence-corrected chi connectivity index (χ0v) is 11.2. The molecule has 0 spiro atoms. The van der Waals surface area contributed by atoms with E-state index in [4.69, 9.17) is 11.5 Å². The summed E-state index contributed by atoms with van der Waals surface area (Å²) < 4.78 is 0. The summed E-state index contributed by atoms with van der Waals surface area (Å²) in [6.45, 7) is 5.72. The minimum absolute atomic E-state index is 0.0849. The molecule has 1 aliphatic heterocycles. The van der Waals surface area contributed by atoms with Gasteiger partial charge in [-0.3, -0.25) is 14.5 Å². The van der Waals surface area contributed by atoms with Crippen molar-refractivity contribution in [2.24, 2.45) is 17.4 Å². The van der Waals surface area contributed by atoms with Crippen LogP contribution in [0.3, 0.4) is 0 Å². The van der Waals surface area contributed by atoms with E-state index in [1.54, 1.807) is 0 Å². The molecule has 0 aromatic heterocycles. The van der Waals surface area contributed by atoms with Crippen LogP contribution in [0, 0.1) is 5.92 Å². The van der Waals surface area contributed by atoms with Crippen LogP contribution in [0.25, 0.3) is 0 Å². The molecule has 1 fully saturated rings. The first kappa shape index (κ1) is 14.9. The Labute approximate surface area is 108 Å². The number of primary amides is 1. The van der Waals surface area contributed by atoms with Crippen LogP contribution in [0.1, 0.15) is 26.7 Å². The normalized spacial score (nSPS) is 19.8. The molecule has 1 saturated heterocycles. The fourth-order valence-electron chi connectivity index (χ4n) is 2.06. The van der Waals surface area contributed by atoms with Crippen LogP contribution in [0.15, 0.2) is 0 Å². The van der Waals surface area contributed by atoms with Gasteiger partial charge in [-0.2, -0.15) is 0 Å². The van der Waals surface area contributed by atoms with E-state index in [2.05, 4.69) is 5.32 Å². The number of rotatable bonds is 5. The molecule has 1 unspecified atom stereocenters. The number of hydrogen-bond donors (Lipinski definition) is 3. The van der Waals surface area contributed by atoms with Crippen molar-refractivity contribution in [2.75, 3.05) is 19.6 Å². The molecule has 18 heavy (non-hydrogen) atoms. The van der Waals surface area contributed by atoms with E-state index in [-0.39, 0.29) is 23.8 Å². The number of carbonyl (C=O) groups excluding carboxylic acids is 2. The number of nitrogens with two attached hydrogens (primary N) is 2. The van der Waals surface area contributed by atoms with E-state index < -0.39 is 6.04 Å². The molecule has 1 atom stereocenters. The van der Waals surface area contributed by atoms with Gasteiger partial charge in [0.2, 0.25) is 11.8 Å². The highest BCUT2D eigenvalue weighted by Crippen LogP contribution is 2.10. The van der Waals surface area contributed by atoms with Gasteiger partial charge < -0.3 is 16.8 Å². The van der Waals surface area contributed by atoms with Crippen molar-refractivity contribution >= 4 is 11.8 Å². The number of piperidine rings is 1. The molecule has 1 heterocycles. The summed E-state index contributed by atoms with van der Waals surface area (Å²) in [6, 6.07) is -0.292. The van der Waals surface area contributed by atoms with Crippen molar-refractivity contribution in [3.05, 3.63) is 0 Å². The summed E-state index contributed by atoms with van der Waals surface area (Å²) in [5.74, 6) is -0.252. The van der Waals surface area contributed by atoms with Gasteiger partial charge in [-0.25, -0.2) is 0 Å². The Morgan fingerprint density at radius 2 is 1.89 bits per heavy atom. The fourth-order valence-corrected chi connectivity index (χ4v) is 2.06. The minimum Gasteiger partial charge on any atom is -0.369 e. The smallest absolute Gasteiger partial charge is 0.237 e. The first-order valence-corrected chi connectivity index (χ1v) is 6.46. The second kappa shape index (κ2) is 6.70. The summed E-state index contributed by atoms with van der Waals surface area (Å²) in [5, 5.41) is 2.97. The Morgan fingerprint density at radius 3 is 2.33 bits per heavy atom. The molecule has 6 heteroatoms. The summed E-state index contributed by atoms with van der Waals surface area (Å²) in [4.78, 5) is 24.6.